The van der Waals surface area contributed by atoms with Crippen molar-refractivity contribution >= 4 is 15.6 Å². The van der Waals surface area contributed by atoms with Crippen LogP contribution in [0.4, 0.5) is 0 Å². The first kappa shape index (κ1) is 12.7. The quantitative estimate of drug-likeness (QED) is 0.796. The van der Waals surface area contributed by atoms with Gasteiger partial charge in [-0.1, -0.05) is 12.1 Å². The van der Waals surface area contributed by atoms with Crippen LogP contribution in [0.2, 0.25) is 0 Å². The molecule has 0 saturated carbocycles. The predicted octanol–water partition coefficient (Wildman–Crippen LogP) is 1.23. The van der Waals surface area contributed by atoms with Crippen molar-refractivity contribution in [2.45, 2.75) is 18.2 Å². The third-order valence-corrected chi connectivity index (χ3v) is 3.30. The van der Waals surface area contributed by atoms with Crippen molar-refractivity contribution in [3.8, 4) is 5.75 Å². The van der Waals surface area contributed by atoms with E-state index in [4.69, 9.17) is 4.74 Å². The molecule has 0 atom stereocenters. The van der Waals surface area contributed by atoms with Crippen LogP contribution in [0.3, 0.4) is 0 Å². The zero-order valence-electron chi connectivity index (χ0n) is 9.48. The molecule has 0 radical (unpaired) electrons. The number of benzene rings is 1. The lowest BCUT2D eigenvalue weighted by atomic mass is 10.1. The van der Waals surface area contributed by atoms with Crippen LogP contribution >= 0.6 is 0 Å². The smallest absolute Gasteiger partial charge is 0.179 e. The molecule has 0 aliphatic carbocycles. The lowest BCUT2D eigenvalue weighted by Crippen LogP contribution is -2.08. The summed E-state index contributed by atoms with van der Waals surface area (Å²) in [7, 11) is -1.99. The minimum atomic E-state index is -3.40. The highest BCUT2D eigenvalue weighted by Gasteiger charge is 2.19. The molecule has 0 spiro atoms. The Bertz CT molecular complexity index is 503. The largest absolute Gasteiger partial charge is 0.495 e. The van der Waals surface area contributed by atoms with Gasteiger partial charge in [-0.05, 0) is 18.6 Å². The van der Waals surface area contributed by atoms with Crippen molar-refractivity contribution in [1.29, 1.82) is 0 Å². The van der Waals surface area contributed by atoms with Crippen LogP contribution < -0.4 is 4.74 Å². The summed E-state index contributed by atoms with van der Waals surface area (Å²) in [5, 5.41) is 0. The van der Waals surface area contributed by atoms with E-state index in [2.05, 4.69) is 0 Å². The van der Waals surface area contributed by atoms with Crippen LogP contribution in [0.25, 0.3) is 0 Å². The van der Waals surface area contributed by atoms with E-state index in [1.807, 2.05) is 0 Å². The number of carbonyl (C=O) groups is 1. The van der Waals surface area contributed by atoms with Crippen molar-refractivity contribution in [1.82, 2.24) is 0 Å². The number of rotatable bonds is 4. The van der Waals surface area contributed by atoms with Crippen LogP contribution in [0, 0.1) is 0 Å². The van der Waals surface area contributed by atoms with Crippen LogP contribution in [0.15, 0.2) is 23.1 Å². The third kappa shape index (κ3) is 2.82. The van der Waals surface area contributed by atoms with Crippen molar-refractivity contribution in [2.24, 2.45) is 0 Å². The van der Waals surface area contributed by atoms with E-state index in [1.54, 1.807) is 18.2 Å². The van der Waals surface area contributed by atoms with Crippen LogP contribution in [0.5, 0.6) is 5.75 Å². The molecule has 0 aliphatic rings. The van der Waals surface area contributed by atoms with Gasteiger partial charge in [0.15, 0.2) is 9.84 Å². The molecule has 4 nitrogen and oxygen atoms in total. The van der Waals surface area contributed by atoms with Crippen molar-refractivity contribution in [3.63, 3.8) is 0 Å². The first-order chi connectivity index (χ1) is 7.36. The molecule has 0 bridgehead atoms. The predicted molar refractivity (Wildman–Crippen MR) is 60.5 cm³/mol. The molecule has 1 aromatic carbocycles. The average Bonchev–Trinajstić information content (AvgIpc) is 2.14. The fourth-order valence-electron chi connectivity index (χ4n) is 1.55. The Morgan fingerprint density at radius 3 is 2.44 bits per heavy atom. The molecule has 0 aliphatic heterocycles. The van der Waals surface area contributed by atoms with Gasteiger partial charge in [-0.15, -0.1) is 0 Å². The number of methoxy groups -OCH3 is 1. The van der Waals surface area contributed by atoms with Gasteiger partial charge in [0.25, 0.3) is 0 Å². The maximum Gasteiger partial charge on any atom is 0.179 e. The van der Waals surface area contributed by atoms with Gasteiger partial charge in [0.05, 0.1) is 7.11 Å². The highest BCUT2D eigenvalue weighted by molar-refractivity contribution is 7.90. The number of sulfone groups is 1. The topological polar surface area (TPSA) is 60.4 Å². The molecule has 88 valence electrons. The van der Waals surface area contributed by atoms with Crippen LogP contribution in [-0.2, 0) is 21.1 Å². The molecule has 0 heterocycles. The third-order valence-electron chi connectivity index (χ3n) is 2.09. The SMILES string of the molecule is COc1cccc(CC(C)=O)c1S(C)(=O)=O. The molecule has 1 aromatic rings. The lowest BCUT2D eigenvalue weighted by molar-refractivity contribution is -0.116. The molecule has 0 saturated heterocycles. The van der Waals surface area contributed by atoms with Gasteiger partial charge in [0, 0.05) is 12.7 Å². The standard InChI is InChI=1S/C11H14O4S/c1-8(12)7-9-5-4-6-10(15-2)11(9)16(3,13)14/h4-6H,7H2,1-3H3. The van der Waals surface area contributed by atoms with E-state index in [0.717, 1.165) is 6.26 Å². The van der Waals surface area contributed by atoms with Gasteiger partial charge in [-0.3, -0.25) is 4.79 Å². The number of hydrogen-bond acceptors (Lipinski definition) is 4. The van der Waals surface area contributed by atoms with Crippen molar-refractivity contribution in [3.05, 3.63) is 23.8 Å². The number of ether oxygens (including phenoxy) is 1. The second-order valence-corrected chi connectivity index (χ2v) is 5.55. The molecule has 0 aromatic heterocycles. The van der Waals surface area contributed by atoms with Gasteiger partial charge in [-0.25, -0.2) is 8.42 Å². The Morgan fingerprint density at radius 2 is 2.00 bits per heavy atom. The van der Waals surface area contributed by atoms with E-state index in [1.165, 1.54) is 14.0 Å². The molecule has 1 rings (SSSR count). The normalized spacial score (nSPS) is 11.2. The monoisotopic (exact) mass is 242 g/mol. The Balaban J connectivity index is 3.44. The van der Waals surface area contributed by atoms with E-state index in [0.29, 0.717) is 5.56 Å². The fraction of sp³-hybridized carbons (Fsp3) is 0.364. The van der Waals surface area contributed by atoms with Gasteiger partial charge in [0.2, 0.25) is 0 Å². The maximum absolute atomic E-state index is 11.6. The summed E-state index contributed by atoms with van der Waals surface area (Å²) in [6.45, 7) is 1.42. The molecule has 0 amide bonds. The minimum absolute atomic E-state index is 0.0850. The number of Topliss-reactive ketones (excluding diaryl/α,β-unsaturated/α-hetero) is 1. The summed E-state index contributed by atoms with van der Waals surface area (Å²) >= 11 is 0. The van der Waals surface area contributed by atoms with Crippen LogP contribution in [0.1, 0.15) is 12.5 Å². The summed E-state index contributed by atoms with van der Waals surface area (Å²) in [5.74, 6) is 0.194. The van der Waals surface area contributed by atoms with Gasteiger partial charge in [0.1, 0.15) is 16.4 Å². The van der Waals surface area contributed by atoms with Crippen molar-refractivity contribution < 1.29 is 17.9 Å². The Kier molecular flexibility index (Phi) is 3.70. The van der Waals surface area contributed by atoms with E-state index < -0.39 is 9.84 Å². The first-order valence-electron chi connectivity index (χ1n) is 4.71. The lowest BCUT2D eigenvalue weighted by Gasteiger charge is -2.11. The molecular formula is C11H14O4S. The number of ketones is 1. The minimum Gasteiger partial charge on any atom is -0.495 e. The van der Waals surface area contributed by atoms with E-state index in [-0.39, 0.29) is 22.8 Å². The average molecular weight is 242 g/mol. The zero-order chi connectivity index (χ0) is 12.3. The summed E-state index contributed by atoms with van der Waals surface area (Å²) in [5.41, 5.74) is 0.481. The van der Waals surface area contributed by atoms with Gasteiger partial charge < -0.3 is 4.74 Å². The maximum atomic E-state index is 11.6. The van der Waals surface area contributed by atoms with E-state index >= 15 is 0 Å². The Hall–Kier alpha value is -1.36. The number of carbonyl (C=O) groups excluding carboxylic acids is 1. The highest BCUT2D eigenvalue weighted by Crippen LogP contribution is 2.27. The molecule has 0 N–H and O–H groups in total. The molecule has 0 unspecified atom stereocenters. The number of hydrogen-bond donors (Lipinski definition) is 0. The first-order valence-corrected chi connectivity index (χ1v) is 6.60. The molecule has 0 fully saturated rings. The van der Waals surface area contributed by atoms with E-state index in [9.17, 15) is 13.2 Å². The Labute approximate surface area is 95.2 Å². The fourth-order valence-corrected chi connectivity index (χ4v) is 2.68. The molecule has 5 heteroatoms. The summed E-state index contributed by atoms with van der Waals surface area (Å²) in [6, 6.07) is 4.87. The van der Waals surface area contributed by atoms with Crippen LogP contribution in [-0.4, -0.2) is 27.6 Å². The zero-order valence-corrected chi connectivity index (χ0v) is 10.3. The summed E-state index contributed by atoms with van der Waals surface area (Å²) < 4.78 is 28.3. The second kappa shape index (κ2) is 4.65. The highest BCUT2D eigenvalue weighted by atomic mass is 32.2. The molecular weight excluding hydrogens is 228 g/mol. The van der Waals surface area contributed by atoms with Gasteiger partial charge >= 0.3 is 0 Å². The van der Waals surface area contributed by atoms with Crippen molar-refractivity contribution in [2.75, 3.05) is 13.4 Å². The van der Waals surface area contributed by atoms with Gasteiger partial charge in [-0.2, -0.15) is 0 Å². The summed E-state index contributed by atoms with van der Waals surface area (Å²) in [6.07, 6.45) is 1.20. The Morgan fingerprint density at radius 1 is 1.38 bits per heavy atom. The molecule has 16 heavy (non-hydrogen) atoms. The summed E-state index contributed by atoms with van der Waals surface area (Å²) in [4.78, 5) is 11.2. The second-order valence-electron chi connectivity index (χ2n) is 3.60.